The van der Waals surface area contributed by atoms with Gasteiger partial charge in [0, 0.05) is 31.9 Å². The molecule has 3 aliphatic heterocycles. The van der Waals surface area contributed by atoms with Gasteiger partial charge in [-0.2, -0.15) is 4.31 Å². The van der Waals surface area contributed by atoms with Gasteiger partial charge in [0.15, 0.2) is 0 Å². The minimum absolute atomic E-state index is 0.0267. The van der Waals surface area contributed by atoms with Crippen molar-refractivity contribution in [1.82, 2.24) is 9.21 Å². The normalized spacial score (nSPS) is 33.1. The molecule has 0 aliphatic carbocycles. The molecule has 0 aromatic rings. The summed E-state index contributed by atoms with van der Waals surface area (Å²) in [6, 6.07) is 0.283. The average Bonchev–Trinajstić information content (AvgIpc) is 2.56. The second-order valence-corrected chi connectivity index (χ2v) is 8.49. The number of rotatable bonds is 3. The molecule has 22 heavy (non-hydrogen) atoms. The standard InChI is InChI=1S/C14H26N4O3S/c15-13-11-16-4-1-14(13)17-5-2-12(3-6-17)22(19,20)18-7-9-21-10-8-18/h11-14H,1-10,15H2. The summed E-state index contributed by atoms with van der Waals surface area (Å²) >= 11 is 0. The average molecular weight is 330 g/mol. The van der Waals surface area contributed by atoms with Crippen LogP contribution in [0.4, 0.5) is 0 Å². The molecule has 126 valence electrons. The van der Waals surface area contributed by atoms with Gasteiger partial charge < -0.3 is 10.5 Å². The molecule has 2 N–H and O–H groups in total. The van der Waals surface area contributed by atoms with Crippen LogP contribution in [-0.4, -0.2) is 87.1 Å². The van der Waals surface area contributed by atoms with Gasteiger partial charge in [-0.15, -0.1) is 0 Å². The third-order valence-electron chi connectivity index (χ3n) is 4.97. The third-order valence-corrected chi connectivity index (χ3v) is 7.37. The van der Waals surface area contributed by atoms with Crippen LogP contribution in [0.1, 0.15) is 19.3 Å². The van der Waals surface area contributed by atoms with Crippen LogP contribution in [0.5, 0.6) is 0 Å². The van der Waals surface area contributed by atoms with Crippen molar-refractivity contribution in [3.05, 3.63) is 0 Å². The summed E-state index contributed by atoms with van der Waals surface area (Å²) in [5.74, 6) is 0. The number of hydrogen-bond donors (Lipinski definition) is 1. The van der Waals surface area contributed by atoms with Crippen LogP contribution in [-0.2, 0) is 14.8 Å². The first-order chi connectivity index (χ1) is 10.6. The van der Waals surface area contributed by atoms with Crippen molar-refractivity contribution in [2.24, 2.45) is 10.7 Å². The highest BCUT2D eigenvalue weighted by Crippen LogP contribution is 2.24. The zero-order chi connectivity index (χ0) is 15.6. The topological polar surface area (TPSA) is 88.2 Å². The molecule has 3 rings (SSSR count). The van der Waals surface area contributed by atoms with Crippen molar-refractivity contribution in [3.63, 3.8) is 0 Å². The van der Waals surface area contributed by atoms with Crippen LogP contribution in [0.2, 0.25) is 0 Å². The highest BCUT2D eigenvalue weighted by Gasteiger charge is 2.37. The zero-order valence-electron chi connectivity index (χ0n) is 12.9. The van der Waals surface area contributed by atoms with Gasteiger partial charge >= 0.3 is 0 Å². The number of aliphatic imine (C=N–C) groups is 1. The van der Waals surface area contributed by atoms with E-state index >= 15 is 0 Å². The Morgan fingerprint density at radius 1 is 1.09 bits per heavy atom. The first-order valence-electron chi connectivity index (χ1n) is 8.15. The van der Waals surface area contributed by atoms with E-state index in [2.05, 4.69) is 9.89 Å². The number of nitrogens with two attached hydrogens (primary N) is 1. The Bertz CT molecular complexity index is 496. The van der Waals surface area contributed by atoms with E-state index in [9.17, 15) is 8.42 Å². The molecule has 0 amide bonds. The molecule has 2 saturated heterocycles. The maximum Gasteiger partial charge on any atom is 0.217 e. The predicted octanol–water partition coefficient (Wildman–Crippen LogP) is -0.717. The SMILES string of the molecule is NC1C=NCCC1N1CCC(S(=O)(=O)N2CCOCC2)CC1. The van der Waals surface area contributed by atoms with E-state index in [-0.39, 0.29) is 11.3 Å². The molecule has 3 heterocycles. The number of ether oxygens (including phenoxy) is 1. The Morgan fingerprint density at radius 2 is 1.77 bits per heavy atom. The summed E-state index contributed by atoms with van der Waals surface area (Å²) in [5, 5.41) is -0.254. The summed E-state index contributed by atoms with van der Waals surface area (Å²) in [6.07, 6.45) is 4.20. The first-order valence-corrected chi connectivity index (χ1v) is 9.65. The summed E-state index contributed by atoms with van der Waals surface area (Å²) in [5.41, 5.74) is 6.12. The van der Waals surface area contributed by atoms with E-state index < -0.39 is 10.0 Å². The number of likely N-dealkylation sites (tertiary alicyclic amines) is 1. The van der Waals surface area contributed by atoms with Crippen LogP contribution in [0.25, 0.3) is 0 Å². The van der Waals surface area contributed by atoms with Crippen molar-refractivity contribution in [2.75, 3.05) is 45.9 Å². The quantitative estimate of drug-likeness (QED) is 0.738. The van der Waals surface area contributed by atoms with Crippen LogP contribution < -0.4 is 5.73 Å². The summed E-state index contributed by atoms with van der Waals surface area (Å²) in [6.45, 7) is 4.44. The fraction of sp³-hybridized carbons (Fsp3) is 0.929. The molecule has 7 nitrogen and oxygen atoms in total. The van der Waals surface area contributed by atoms with Crippen molar-refractivity contribution < 1.29 is 13.2 Å². The molecular formula is C14H26N4O3S. The second-order valence-electron chi connectivity index (χ2n) is 6.28. The molecule has 2 atom stereocenters. The molecule has 0 saturated carbocycles. The Hall–Kier alpha value is -0.540. The fourth-order valence-corrected chi connectivity index (χ4v) is 5.52. The minimum atomic E-state index is -3.18. The van der Waals surface area contributed by atoms with Gasteiger partial charge in [-0.05, 0) is 32.4 Å². The molecule has 0 aromatic heterocycles. The summed E-state index contributed by atoms with van der Waals surface area (Å²) in [4.78, 5) is 6.58. The zero-order valence-corrected chi connectivity index (χ0v) is 13.7. The van der Waals surface area contributed by atoms with Gasteiger partial charge in [0.1, 0.15) is 0 Å². The van der Waals surface area contributed by atoms with Crippen LogP contribution in [0, 0.1) is 0 Å². The molecular weight excluding hydrogens is 304 g/mol. The van der Waals surface area contributed by atoms with Gasteiger partial charge in [0.25, 0.3) is 0 Å². The predicted molar refractivity (Wildman–Crippen MR) is 85.6 cm³/mol. The molecule has 0 aromatic carbocycles. The van der Waals surface area contributed by atoms with Crippen LogP contribution >= 0.6 is 0 Å². The van der Waals surface area contributed by atoms with Crippen molar-refractivity contribution in [1.29, 1.82) is 0 Å². The lowest BCUT2D eigenvalue weighted by atomic mass is 9.99. The Balaban J connectivity index is 1.58. The smallest absolute Gasteiger partial charge is 0.217 e. The van der Waals surface area contributed by atoms with E-state index in [4.69, 9.17) is 10.5 Å². The van der Waals surface area contributed by atoms with Crippen molar-refractivity contribution in [2.45, 2.75) is 36.6 Å². The van der Waals surface area contributed by atoms with E-state index in [0.717, 1.165) is 26.1 Å². The number of morpholine rings is 1. The number of nitrogens with zero attached hydrogens (tertiary/aromatic N) is 3. The Kier molecular flexibility index (Phi) is 5.13. The maximum atomic E-state index is 12.7. The van der Waals surface area contributed by atoms with Gasteiger partial charge in [-0.25, -0.2) is 8.42 Å². The number of hydrogen-bond acceptors (Lipinski definition) is 6. The van der Waals surface area contributed by atoms with E-state index in [1.54, 1.807) is 4.31 Å². The van der Waals surface area contributed by atoms with E-state index in [1.165, 1.54) is 0 Å². The molecule has 3 aliphatic rings. The monoisotopic (exact) mass is 330 g/mol. The lowest BCUT2D eigenvalue weighted by molar-refractivity contribution is 0.0717. The van der Waals surface area contributed by atoms with Gasteiger partial charge in [-0.1, -0.05) is 0 Å². The number of sulfonamides is 1. The van der Waals surface area contributed by atoms with Crippen LogP contribution in [0.15, 0.2) is 4.99 Å². The largest absolute Gasteiger partial charge is 0.379 e. The molecule has 8 heteroatoms. The Labute approximate surface area is 132 Å². The van der Waals surface area contributed by atoms with Gasteiger partial charge in [-0.3, -0.25) is 9.89 Å². The first kappa shape index (κ1) is 16.3. The molecule has 0 spiro atoms. The summed E-state index contributed by atoms with van der Waals surface area (Å²) in [7, 11) is -3.18. The summed E-state index contributed by atoms with van der Waals surface area (Å²) < 4.78 is 32.2. The van der Waals surface area contributed by atoms with Gasteiger partial charge in [0.05, 0.1) is 24.5 Å². The molecule has 2 fully saturated rings. The highest BCUT2D eigenvalue weighted by atomic mass is 32.2. The van der Waals surface area contributed by atoms with E-state index in [0.29, 0.717) is 45.2 Å². The lowest BCUT2D eigenvalue weighted by Gasteiger charge is -2.41. The number of piperidine rings is 1. The Morgan fingerprint density at radius 3 is 2.41 bits per heavy atom. The fourth-order valence-electron chi connectivity index (χ4n) is 3.64. The third kappa shape index (κ3) is 3.35. The second kappa shape index (κ2) is 6.92. The van der Waals surface area contributed by atoms with Crippen molar-refractivity contribution >= 4 is 16.2 Å². The molecule has 2 unspecified atom stereocenters. The lowest BCUT2D eigenvalue weighted by Crippen LogP contribution is -2.55. The molecule has 0 bridgehead atoms. The van der Waals surface area contributed by atoms with Gasteiger partial charge in [0.2, 0.25) is 10.0 Å². The maximum absolute atomic E-state index is 12.7. The highest BCUT2D eigenvalue weighted by molar-refractivity contribution is 7.89. The minimum Gasteiger partial charge on any atom is -0.379 e. The van der Waals surface area contributed by atoms with E-state index in [1.807, 2.05) is 6.21 Å². The van der Waals surface area contributed by atoms with Crippen LogP contribution in [0.3, 0.4) is 0 Å². The molecule has 0 radical (unpaired) electrons. The van der Waals surface area contributed by atoms with Crippen molar-refractivity contribution in [3.8, 4) is 0 Å².